The van der Waals surface area contributed by atoms with E-state index < -0.39 is 10.0 Å². The van der Waals surface area contributed by atoms with Crippen molar-refractivity contribution in [1.29, 1.82) is 0 Å². The first kappa shape index (κ1) is 13.9. The SMILES string of the molecule is Nc1cc(NC2Cc3ccccc3C2)cc(S(N)(=O)=O)c1. The second-order valence-electron chi connectivity index (χ2n) is 5.35. The van der Waals surface area contributed by atoms with E-state index in [2.05, 4.69) is 17.4 Å². The molecule has 2 aromatic rings. The maximum atomic E-state index is 11.4. The average molecular weight is 303 g/mol. The van der Waals surface area contributed by atoms with Crippen molar-refractivity contribution in [3.8, 4) is 0 Å². The Bertz CT molecular complexity index is 762. The van der Waals surface area contributed by atoms with Crippen LogP contribution in [0.15, 0.2) is 47.4 Å². The van der Waals surface area contributed by atoms with E-state index in [1.165, 1.54) is 23.3 Å². The van der Waals surface area contributed by atoms with E-state index >= 15 is 0 Å². The number of primary sulfonamides is 1. The Balaban J connectivity index is 1.82. The lowest BCUT2D eigenvalue weighted by Crippen LogP contribution is -2.20. The van der Waals surface area contributed by atoms with Crippen molar-refractivity contribution < 1.29 is 8.42 Å². The molecule has 5 N–H and O–H groups in total. The predicted molar refractivity (Wildman–Crippen MR) is 83.5 cm³/mol. The molecule has 6 heteroatoms. The first-order valence-corrected chi connectivity index (χ1v) is 8.23. The number of fused-ring (bicyclic) bond motifs is 1. The molecule has 0 bridgehead atoms. The Hall–Kier alpha value is -2.05. The van der Waals surface area contributed by atoms with E-state index in [1.807, 2.05) is 12.1 Å². The molecule has 0 aromatic heterocycles. The molecule has 0 amide bonds. The number of anilines is 2. The second-order valence-corrected chi connectivity index (χ2v) is 6.92. The Morgan fingerprint density at radius 1 is 1.05 bits per heavy atom. The van der Waals surface area contributed by atoms with Crippen LogP contribution in [0, 0.1) is 0 Å². The highest BCUT2D eigenvalue weighted by Gasteiger charge is 2.21. The molecule has 1 aliphatic rings. The Morgan fingerprint density at radius 3 is 2.24 bits per heavy atom. The van der Waals surface area contributed by atoms with Crippen LogP contribution in [0.25, 0.3) is 0 Å². The molecule has 0 aliphatic heterocycles. The van der Waals surface area contributed by atoms with E-state index in [0.717, 1.165) is 12.8 Å². The van der Waals surface area contributed by atoms with Gasteiger partial charge in [0, 0.05) is 17.4 Å². The molecule has 2 aromatic carbocycles. The molecule has 3 rings (SSSR count). The van der Waals surface area contributed by atoms with Gasteiger partial charge in [0.25, 0.3) is 0 Å². The maximum absolute atomic E-state index is 11.4. The van der Waals surface area contributed by atoms with Gasteiger partial charge < -0.3 is 11.1 Å². The fourth-order valence-electron chi connectivity index (χ4n) is 2.77. The van der Waals surface area contributed by atoms with Crippen molar-refractivity contribution in [2.24, 2.45) is 5.14 Å². The van der Waals surface area contributed by atoms with E-state index in [0.29, 0.717) is 11.4 Å². The fourth-order valence-corrected chi connectivity index (χ4v) is 3.36. The zero-order valence-electron chi connectivity index (χ0n) is 11.4. The minimum atomic E-state index is -3.76. The van der Waals surface area contributed by atoms with Crippen molar-refractivity contribution in [2.45, 2.75) is 23.8 Å². The number of nitrogen functional groups attached to an aromatic ring is 1. The van der Waals surface area contributed by atoms with Crippen LogP contribution in [0.4, 0.5) is 11.4 Å². The fraction of sp³-hybridized carbons (Fsp3) is 0.200. The average Bonchev–Trinajstić information content (AvgIpc) is 2.79. The van der Waals surface area contributed by atoms with Gasteiger partial charge in [-0.2, -0.15) is 0 Å². The van der Waals surface area contributed by atoms with Crippen molar-refractivity contribution in [3.63, 3.8) is 0 Å². The van der Waals surface area contributed by atoms with Gasteiger partial charge in [-0.1, -0.05) is 24.3 Å². The normalized spacial score (nSPS) is 14.9. The number of sulfonamides is 1. The summed E-state index contributed by atoms with van der Waals surface area (Å²) in [5.74, 6) is 0. The van der Waals surface area contributed by atoms with Gasteiger partial charge in [0.05, 0.1) is 4.90 Å². The summed E-state index contributed by atoms with van der Waals surface area (Å²) >= 11 is 0. The smallest absolute Gasteiger partial charge is 0.238 e. The van der Waals surface area contributed by atoms with Crippen molar-refractivity contribution in [2.75, 3.05) is 11.1 Å². The van der Waals surface area contributed by atoms with Gasteiger partial charge in [-0.15, -0.1) is 0 Å². The molecule has 5 nitrogen and oxygen atoms in total. The van der Waals surface area contributed by atoms with Gasteiger partial charge in [0.2, 0.25) is 10.0 Å². The third kappa shape index (κ3) is 3.01. The molecule has 0 fully saturated rings. The van der Waals surface area contributed by atoms with Crippen LogP contribution in [-0.2, 0) is 22.9 Å². The quantitative estimate of drug-likeness (QED) is 0.748. The van der Waals surface area contributed by atoms with Gasteiger partial charge in [0.15, 0.2) is 0 Å². The van der Waals surface area contributed by atoms with E-state index in [1.54, 1.807) is 6.07 Å². The highest BCUT2D eigenvalue weighted by atomic mass is 32.2. The van der Waals surface area contributed by atoms with Gasteiger partial charge in [-0.3, -0.25) is 0 Å². The number of nitrogens with two attached hydrogens (primary N) is 2. The van der Waals surface area contributed by atoms with Crippen LogP contribution in [0.2, 0.25) is 0 Å². The molecule has 0 spiro atoms. The molecule has 0 radical (unpaired) electrons. The number of nitrogens with one attached hydrogen (secondary N) is 1. The number of rotatable bonds is 3. The molecule has 110 valence electrons. The standard InChI is InChI=1S/C15H17N3O2S/c16-12-7-14(9-15(8-12)21(17,19)20)18-13-5-10-3-1-2-4-11(10)6-13/h1-4,7-9,13,18H,5-6,16H2,(H2,17,19,20). The van der Waals surface area contributed by atoms with Crippen molar-refractivity contribution in [3.05, 3.63) is 53.6 Å². The summed E-state index contributed by atoms with van der Waals surface area (Å²) in [6, 6.07) is 13.1. The summed E-state index contributed by atoms with van der Waals surface area (Å²) in [6.45, 7) is 0. The molecule has 0 heterocycles. The summed E-state index contributed by atoms with van der Waals surface area (Å²) in [6.07, 6.45) is 1.82. The monoisotopic (exact) mass is 303 g/mol. The molecule has 0 atom stereocenters. The number of benzene rings is 2. The van der Waals surface area contributed by atoms with Crippen molar-refractivity contribution >= 4 is 21.4 Å². The van der Waals surface area contributed by atoms with Gasteiger partial charge in [-0.05, 0) is 42.2 Å². The largest absolute Gasteiger partial charge is 0.399 e. The second kappa shape index (κ2) is 5.05. The van der Waals surface area contributed by atoms with Crippen molar-refractivity contribution in [1.82, 2.24) is 0 Å². The highest BCUT2D eigenvalue weighted by molar-refractivity contribution is 7.89. The summed E-state index contributed by atoms with van der Waals surface area (Å²) in [7, 11) is -3.76. The lowest BCUT2D eigenvalue weighted by Gasteiger charge is -2.15. The van der Waals surface area contributed by atoms with Crippen LogP contribution in [0.5, 0.6) is 0 Å². The molecule has 0 unspecified atom stereocenters. The van der Waals surface area contributed by atoms with Gasteiger partial charge in [0.1, 0.15) is 0 Å². The lowest BCUT2D eigenvalue weighted by atomic mass is 10.1. The Labute approximate surface area is 124 Å². The lowest BCUT2D eigenvalue weighted by molar-refractivity contribution is 0.598. The predicted octanol–water partition coefficient (Wildman–Crippen LogP) is 1.50. The molecule has 0 saturated carbocycles. The minimum absolute atomic E-state index is 0.0283. The van der Waals surface area contributed by atoms with Crippen LogP contribution >= 0.6 is 0 Å². The third-order valence-corrected chi connectivity index (χ3v) is 4.57. The zero-order chi connectivity index (χ0) is 15.0. The van der Waals surface area contributed by atoms with E-state index in [9.17, 15) is 8.42 Å². The maximum Gasteiger partial charge on any atom is 0.238 e. The molecular formula is C15H17N3O2S. The first-order valence-electron chi connectivity index (χ1n) is 6.68. The number of hydrogen-bond acceptors (Lipinski definition) is 4. The van der Waals surface area contributed by atoms with Crippen LogP contribution in [-0.4, -0.2) is 14.5 Å². The van der Waals surface area contributed by atoms with Gasteiger partial charge in [-0.25, -0.2) is 13.6 Å². The topological polar surface area (TPSA) is 98.2 Å². The highest BCUT2D eigenvalue weighted by Crippen LogP contribution is 2.26. The van der Waals surface area contributed by atoms with E-state index in [-0.39, 0.29) is 10.9 Å². The van der Waals surface area contributed by atoms with Gasteiger partial charge >= 0.3 is 0 Å². The summed E-state index contributed by atoms with van der Waals surface area (Å²) in [5, 5.41) is 8.50. The molecule has 1 aliphatic carbocycles. The Morgan fingerprint density at radius 2 is 1.67 bits per heavy atom. The first-order chi connectivity index (χ1) is 9.91. The molecule has 0 saturated heterocycles. The zero-order valence-corrected chi connectivity index (χ0v) is 12.2. The molecular weight excluding hydrogens is 286 g/mol. The van der Waals surface area contributed by atoms with Crippen LogP contribution in [0.1, 0.15) is 11.1 Å². The number of hydrogen-bond donors (Lipinski definition) is 3. The molecule has 21 heavy (non-hydrogen) atoms. The van der Waals surface area contributed by atoms with Crippen LogP contribution in [0.3, 0.4) is 0 Å². The minimum Gasteiger partial charge on any atom is -0.399 e. The van der Waals surface area contributed by atoms with E-state index in [4.69, 9.17) is 10.9 Å². The van der Waals surface area contributed by atoms with Crippen LogP contribution < -0.4 is 16.2 Å². The summed E-state index contributed by atoms with van der Waals surface area (Å²) < 4.78 is 22.9. The summed E-state index contributed by atoms with van der Waals surface area (Å²) in [5.41, 5.74) is 9.46. The summed E-state index contributed by atoms with van der Waals surface area (Å²) in [4.78, 5) is 0.0283. The third-order valence-electron chi connectivity index (χ3n) is 3.68. The Kier molecular flexibility index (Phi) is 3.35.